The standard InChI is InChI=1S/C78H152O17P2/c1-68(2)54-46-38-30-22-16-13-11-9-10-12-14-18-26-36-44-52-60-77(82)94-73(64-88-75(80)58-50-42-34-25-21-20-24-32-40-48-56-70(5)6)66-92-96(84,85)90-62-72(79)63-91-97(86,87)93-67-74(65-89-76(81)59-51-43-35-29-28-33-41-49-57-71(7)8)95-78(83)61-53-45-37-27-19-15-17-23-31-39-47-55-69(3)4/h68-74,79H,9-67H2,1-8H3,(H,84,85)(H,86,87)/t72?,73-,74-/m1/s1. The Kier molecular flexibility index (Phi) is 65.9. The minimum Gasteiger partial charge on any atom is -0.462 e. The summed E-state index contributed by atoms with van der Waals surface area (Å²) >= 11 is 0. The fourth-order valence-electron chi connectivity index (χ4n) is 11.9. The van der Waals surface area contributed by atoms with Crippen LogP contribution < -0.4 is 0 Å². The molecule has 0 amide bonds. The van der Waals surface area contributed by atoms with Crippen LogP contribution in [0, 0.1) is 23.7 Å². The first-order valence-corrected chi connectivity index (χ1v) is 43.2. The van der Waals surface area contributed by atoms with Gasteiger partial charge in [0, 0.05) is 25.7 Å². The zero-order valence-corrected chi connectivity index (χ0v) is 65.5. The van der Waals surface area contributed by atoms with Crippen LogP contribution >= 0.6 is 15.6 Å². The number of esters is 4. The first-order valence-electron chi connectivity index (χ1n) is 40.2. The molecule has 0 aromatic rings. The third-order valence-electron chi connectivity index (χ3n) is 18.1. The first-order chi connectivity index (χ1) is 46.6. The molecule has 97 heavy (non-hydrogen) atoms. The van der Waals surface area contributed by atoms with Gasteiger partial charge in [-0.25, -0.2) is 9.13 Å². The van der Waals surface area contributed by atoms with Gasteiger partial charge in [-0.15, -0.1) is 0 Å². The summed E-state index contributed by atoms with van der Waals surface area (Å²) in [6.45, 7) is 14.2. The maximum Gasteiger partial charge on any atom is 0.472 e. The van der Waals surface area contributed by atoms with Crippen LogP contribution in [0.1, 0.15) is 396 Å². The van der Waals surface area contributed by atoms with Crippen LogP contribution in [0.15, 0.2) is 0 Å². The molecule has 0 bridgehead atoms. The van der Waals surface area contributed by atoms with Crippen molar-refractivity contribution in [1.29, 1.82) is 0 Å². The minimum atomic E-state index is -4.96. The summed E-state index contributed by atoms with van der Waals surface area (Å²) in [5.41, 5.74) is 0. The van der Waals surface area contributed by atoms with Gasteiger partial charge in [-0.05, 0) is 49.4 Å². The molecule has 3 unspecified atom stereocenters. The highest BCUT2D eigenvalue weighted by atomic mass is 31.2. The summed E-state index contributed by atoms with van der Waals surface area (Å²) < 4.78 is 68.6. The minimum absolute atomic E-state index is 0.106. The van der Waals surface area contributed by atoms with Crippen molar-refractivity contribution in [2.75, 3.05) is 39.6 Å². The van der Waals surface area contributed by atoms with Crippen molar-refractivity contribution in [1.82, 2.24) is 0 Å². The Hall–Kier alpha value is -1.94. The van der Waals surface area contributed by atoms with E-state index in [9.17, 15) is 43.2 Å². The van der Waals surface area contributed by atoms with Crippen molar-refractivity contribution in [3.05, 3.63) is 0 Å². The van der Waals surface area contributed by atoms with Gasteiger partial charge in [-0.2, -0.15) is 0 Å². The van der Waals surface area contributed by atoms with Gasteiger partial charge in [0.15, 0.2) is 12.2 Å². The molecule has 0 aromatic heterocycles. The molecule has 17 nitrogen and oxygen atoms in total. The maximum absolute atomic E-state index is 13.1. The van der Waals surface area contributed by atoms with E-state index in [1.54, 1.807) is 0 Å². The summed E-state index contributed by atoms with van der Waals surface area (Å²) in [5, 5.41) is 10.6. The third-order valence-corrected chi connectivity index (χ3v) is 20.0. The second-order valence-electron chi connectivity index (χ2n) is 30.0. The molecule has 0 aliphatic rings. The Morgan fingerprint density at radius 2 is 0.433 bits per heavy atom. The van der Waals surface area contributed by atoms with Crippen molar-refractivity contribution in [2.45, 2.75) is 414 Å². The average molecular weight is 1420 g/mol. The van der Waals surface area contributed by atoms with Gasteiger partial charge in [-0.3, -0.25) is 37.3 Å². The number of hydrogen-bond acceptors (Lipinski definition) is 15. The highest BCUT2D eigenvalue weighted by Crippen LogP contribution is 2.45. The number of aliphatic hydroxyl groups is 1. The fraction of sp³-hybridized carbons (Fsp3) is 0.949. The Bertz CT molecular complexity index is 1900. The van der Waals surface area contributed by atoms with Gasteiger partial charge < -0.3 is 33.8 Å². The molecule has 0 fully saturated rings. The van der Waals surface area contributed by atoms with Crippen molar-refractivity contribution in [3.8, 4) is 0 Å². The van der Waals surface area contributed by atoms with Crippen LogP contribution in [0.5, 0.6) is 0 Å². The number of rotatable bonds is 75. The van der Waals surface area contributed by atoms with Crippen molar-refractivity contribution in [3.63, 3.8) is 0 Å². The van der Waals surface area contributed by atoms with Crippen LogP contribution in [-0.2, 0) is 65.4 Å². The average Bonchev–Trinajstić information content (AvgIpc) is 1.13. The molecule has 0 aromatic carbocycles. The van der Waals surface area contributed by atoms with Crippen molar-refractivity contribution in [2.24, 2.45) is 23.7 Å². The lowest BCUT2D eigenvalue weighted by atomic mass is 10.0. The molecule has 0 rings (SSSR count). The smallest absolute Gasteiger partial charge is 0.462 e. The number of phosphoric acid groups is 2. The summed E-state index contributed by atoms with van der Waals surface area (Å²) in [7, 11) is -9.92. The van der Waals surface area contributed by atoms with Gasteiger partial charge in [0.05, 0.1) is 26.4 Å². The van der Waals surface area contributed by atoms with E-state index in [4.69, 9.17) is 37.0 Å². The van der Waals surface area contributed by atoms with E-state index in [1.165, 1.54) is 199 Å². The van der Waals surface area contributed by atoms with Gasteiger partial charge in [0.25, 0.3) is 0 Å². The topological polar surface area (TPSA) is 237 Å². The molecular formula is C78H152O17P2. The van der Waals surface area contributed by atoms with E-state index < -0.39 is 97.5 Å². The number of aliphatic hydroxyl groups excluding tert-OH is 1. The van der Waals surface area contributed by atoms with Crippen molar-refractivity contribution < 1.29 is 80.2 Å². The summed E-state index contributed by atoms with van der Waals surface area (Å²) in [5.74, 6) is 0.941. The van der Waals surface area contributed by atoms with Gasteiger partial charge in [0.2, 0.25) is 0 Å². The SMILES string of the molecule is CC(C)CCCCCCCCCCCCCCCCCCC(=O)O[C@H](COC(=O)CCCCCCCCCCCCC(C)C)COP(=O)(O)OCC(O)COP(=O)(O)OC[C@@H](COC(=O)CCCCCCCCCCC(C)C)OC(=O)CCCCCCCCCCCCCC(C)C. The molecule has 0 saturated carbocycles. The number of phosphoric ester groups is 2. The molecule has 0 spiro atoms. The number of unbranched alkanes of at least 4 members (excludes halogenated alkanes) is 41. The van der Waals surface area contributed by atoms with Gasteiger partial charge >= 0.3 is 39.5 Å². The Morgan fingerprint density at radius 3 is 0.639 bits per heavy atom. The normalized spacial score (nSPS) is 14.1. The van der Waals surface area contributed by atoms with E-state index in [0.29, 0.717) is 25.7 Å². The molecule has 3 N–H and O–H groups in total. The van der Waals surface area contributed by atoms with Crippen molar-refractivity contribution >= 4 is 39.5 Å². The van der Waals surface area contributed by atoms with Crippen LogP contribution in [0.3, 0.4) is 0 Å². The predicted octanol–water partition coefficient (Wildman–Crippen LogP) is 22.8. The lowest BCUT2D eigenvalue weighted by molar-refractivity contribution is -0.161. The number of ether oxygens (including phenoxy) is 4. The summed E-state index contributed by atoms with van der Waals surface area (Å²) in [4.78, 5) is 72.9. The third kappa shape index (κ3) is 72.2. The second kappa shape index (κ2) is 67.2. The quantitative estimate of drug-likeness (QED) is 0.0222. The lowest BCUT2D eigenvalue weighted by Gasteiger charge is -2.21. The zero-order valence-electron chi connectivity index (χ0n) is 63.7. The number of carbonyl (C=O) groups is 4. The van der Waals surface area contributed by atoms with Crippen LogP contribution in [0.4, 0.5) is 0 Å². The number of hydrogen-bond donors (Lipinski definition) is 3. The maximum atomic E-state index is 13.1. The molecule has 576 valence electrons. The van der Waals surface area contributed by atoms with Crippen LogP contribution in [0.2, 0.25) is 0 Å². The predicted molar refractivity (Wildman–Crippen MR) is 395 cm³/mol. The molecule has 0 radical (unpaired) electrons. The highest BCUT2D eigenvalue weighted by Gasteiger charge is 2.30. The molecule has 0 aliphatic carbocycles. The largest absolute Gasteiger partial charge is 0.472 e. The van der Waals surface area contributed by atoms with Crippen LogP contribution in [0.25, 0.3) is 0 Å². The highest BCUT2D eigenvalue weighted by molar-refractivity contribution is 7.47. The van der Waals surface area contributed by atoms with Crippen LogP contribution in [-0.4, -0.2) is 96.7 Å². The summed E-state index contributed by atoms with van der Waals surface area (Å²) in [6, 6.07) is 0. The fourth-order valence-corrected chi connectivity index (χ4v) is 13.5. The van der Waals surface area contributed by atoms with E-state index in [1.807, 2.05) is 0 Å². The van der Waals surface area contributed by atoms with E-state index in [0.717, 1.165) is 114 Å². The molecule has 0 heterocycles. The van der Waals surface area contributed by atoms with E-state index in [2.05, 4.69) is 55.4 Å². The Balaban J connectivity index is 5.25. The molecule has 5 atom stereocenters. The van der Waals surface area contributed by atoms with E-state index >= 15 is 0 Å². The Morgan fingerprint density at radius 1 is 0.258 bits per heavy atom. The Labute approximate surface area is 594 Å². The zero-order chi connectivity index (χ0) is 71.7. The van der Waals surface area contributed by atoms with Gasteiger partial charge in [0.1, 0.15) is 19.3 Å². The van der Waals surface area contributed by atoms with Gasteiger partial charge in [-0.1, -0.05) is 344 Å². The molecule has 0 aliphatic heterocycles. The molecule has 19 heteroatoms. The molecular weight excluding hydrogens is 1270 g/mol. The molecule has 0 saturated heterocycles. The second-order valence-corrected chi connectivity index (χ2v) is 32.9. The number of carbonyl (C=O) groups excluding carboxylic acids is 4. The van der Waals surface area contributed by atoms with E-state index in [-0.39, 0.29) is 25.7 Å². The first kappa shape index (κ1) is 95.1. The summed E-state index contributed by atoms with van der Waals surface area (Å²) in [6.07, 6.45) is 52.7. The monoisotopic (exact) mass is 1420 g/mol. The lowest BCUT2D eigenvalue weighted by Crippen LogP contribution is -2.30.